The van der Waals surface area contributed by atoms with Gasteiger partial charge in [-0.3, -0.25) is 13.6 Å². The van der Waals surface area contributed by atoms with E-state index in [9.17, 15) is 8.60 Å². The minimum Gasteiger partial charge on any atom is -0.356 e. The zero-order valence-corrected chi connectivity index (χ0v) is 12.8. The number of nitrogens with one attached hydrogen (secondary N) is 2. The van der Waals surface area contributed by atoms with Crippen LogP contribution in [0.1, 0.15) is 39.0 Å². The van der Waals surface area contributed by atoms with Crippen molar-refractivity contribution in [1.82, 2.24) is 10.6 Å². The normalized spacial score (nSPS) is 25.9. The molecule has 0 aliphatic heterocycles. The first kappa shape index (κ1) is 16.4. The van der Waals surface area contributed by atoms with E-state index in [1.165, 1.54) is 0 Å². The maximum atomic E-state index is 12.1. The summed E-state index contributed by atoms with van der Waals surface area (Å²) in [7, 11) is 1.01. The van der Waals surface area contributed by atoms with Crippen molar-refractivity contribution in [2.75, 3.05) is 26.0 Å². The molecule has 4 nitrogen and oxygen atoms in total. The summed E-state index contributed by atoms with van der Waals surface area (Å²) in [6.45, 7) is 2.25. The fourth-order valence-corrected chi connectivity index (χ4v) is 3.76. The van der Waals surface area contributed by atoms with Gasteiger partial charge in [0.2, 0.25) is 0 Å². The van der Waals surface area contributed by atoms with Crippen molar-refractivity contribution in [1.29, 1.82) is 0 Å². The fraction of sp³-hybridized carbons (Fsp3) is 0.923. The zero-order chi connectivity index (χ0) is 14.1. The Kier molecular flexibility index (Phi) is 8.02. The quantitative estimate of drug-likeness (QED) is 0.444. The summed E-state index contributed by atoms with van der Waals surface area (Å²) in [6, 6.07) is 0.325. The van der Waals surface area contributed by atoms with Crippen molar-refractivity contribution in [3.8, 4) is 0 Å². The molecule has 0 radical (unpaired) electrons. The molecule has 1 aliphatic rings. The van der Waals surface area contributed by atoms with E-state index in [2.05, 4.69) is 15.6 Å². The van der Waals surface area contributed by atoms with Gasteiger partial charge in [-0.1, -0.05) is 13.3 Å². The van der Waals surface area contributed by atoms with Gasteiger partial charge >= 0.3 is 0 Å². The van der Waals surface area contributed by atoms with Crippen LogP contribution >= 0.6 is 0 Å². The number of alkyl halides is 1. The summed E-state index contributed by atoms with van der Waals surface area (Å²) in [4.78, 5) is 4.14. The highest BCUT2D eigenvalue weighted by molar-refractivity contribution is 7.85. The zero-order valence-electron chi connectivity index (χ0n) is 12.0. The molecule has 0 bridgehead atoms. The third-order valence-electron chi connectivity index (χ3n) is 3.45. The van der Waals surface area contributed by atoms with E-state index in [0.717, 1.165) is 37.4 Å². The van der Waals surface area contributed by atoms with E-state index in [0.29, 0.717) is 24.3 Å². The smallest absolute Gasteiger partial charge is 0.191 e. The van der Waals surface area contributed by atoms with Gasteiger partial charge in [-0.15, -0.1) is 0 Å². The van der Waals surface area contributed by atoms with Crippen LogP contribution in [0.5, 0.6) is 0 Å². The largest absolute Gasteiger partial charge is 0.356 e. The maximum Gasteiger partial charge on any atom is 0.191 e. The predicted molar refractivity (Wildman–Crippen MR) is 79.8 cm³/mol. The first-order chi connectivity index (χ1) is 9.21. The molecule has 0 aromatic carbocycles. The lowest BCUT2D eigenvalue weighted by atomic mass is 9.95. The molecule has 0 aromatic rings. The Morgan fingerprint density at radius 1 is 1.47 bits per heavy atom. The van der Waals surface area contributed by atoms with Gasteiger partial charge in [-0.05, 0) is 25.7 Å². The summed E-state index contributed by atoms with van der Waals surface area (Å²) in [5.41, 5.74) is 0. The van der Waals surface area contributed by atoms with Gasteiger partial charge in [-0.2, -0.15) is 0 Å². The van der Waals surface area contributed by atoms with E-state index in [1.54, 1.807) is 7.05 Å². The Balaban J connectivity index is 2.39. The average molecular weight is 291 g/mol. The molecule has 3 atom stereocenters. The van der Waals surface area contributed by atoms with Gasteiger partial charge in [0.25, 0.3) is 0 Å². The van der Waals surface area contributed by atoms with Crippen molar-refractivity contribution in [3.63, 3.8) is 0 Å². The number of aliphatic imine (C=N–C) groups is 1. The van der Waals surface area contributed by atoms with E-state index in [-0.39, 0.29) is 6.67 Å². The van der Waals surface area contributed by atoms with E-state index in [4.69, 9.17) is 0 Å². The molecule has 112 valence electrons. The molecule has 1 aliphatic carbocycles. The van der Waals surface area contributed by atoms with Crippen molar-refractivity contribution >= 4 is 16.8 Å². The van der Waals surface area contributed by atoms with Crippen LogP contribution in [-0.4, -0.2) is 47.5 Å². The van der Waals surface area contributed by atoms with Gasteiger partial charge in [0.15, 0.2) is 5.96 Å². The van der Waals surface area contributed by atoms with E-state index in [1.807, 2.05) is 6.92 Å². The second kappa shape index (κ2) is 9.28. The molecule has 3 unspecified atom stereocenters. The molecule has 0 spiro atoms. The molecule has 19 heavy (non-hydrogen) atoms. The summed E-state index contributed by atoms with van der Waals surface area (Å²) < 4.78 is 23.9. The van der Waals surface area contributed by atoms with Gasteiger partial charge < -0.3 is 10.6 Å². The van der Waals surface area contributed by atoms with Gasteiger partial charge in [0.1, 0.15) is 0 Å². The second-order valence-corrected chi connectivity index (χ2v) is 6.85. The molecule has 1 saturated carbocycles. The number of halogens is 1. The van der Waals surface area contributed by atoms with Crippen LogP contribution in [0, 0.1) is 0 Å². The second-order valence-electron chi connectivity index (χ2n) is 4.84. The molecule has 1 rings (SSSR count). The lowest BCUT2D eigenvalue weighted by Gasteiger charge is -2.30. The minimum atomic E-state index is -0.708. The summed E-state index contributed by atoms with van der Waals surface area (Å²) in [6.07, 6.45) is 4.68. The standard InChI is InChI=1S/C13H26FN3OS/c1-3-19(18)12-7-4-6-11(10-12)17-13(15-2)16-9-5-8-14/h11-12H,3-10H2,1-2H3,(H2,15,16,17). The van der Waals surface area contributed by atoms with E-state index >= 15 is 0 Å². The van der Waals surface area contributed by atoms with Gasteiger partial charge in [0.05, 0.1) is 6.67 Å². The van der Waals surface area contributed by atoms with Gasteiger partial charge in [0, 0.05) is 41.4 Å². The molecule has 1 fully saturated rings. The maximum absolute atomic E-state index is 12.1. The number of hydrogen-bond acceptors (Lipinski definition) is 2. The molecular weight excluding hydrogens is 265 g/mol. The number of hydrogen-bond donors (Lipinski definition) is 2. The van der Waals surface area contributed by atoms with Crippen LogP contribution in [0.15, 0.2) is 4.99 Å². The van der Waals surface area contributed by atoms with Crippen LogP contribution in [0.3, 0.4) is 0 Å². The molecule has 0 aromatic heterocycles. The Hall–Kier alpha value is -0.650. The van der Waals surface area contributed by atoms with E-state index < -0.39 is 10.8 Å². The topological polar surface area (TPSA) is 53.5 Å². The Morgan fingerprint density at radius 2 is 2.26 bits per heavy atom. The Labute approximate surface area is 118 Å². The highest BCUT2D eigenvalue weighted by Crippen LogP contribution is 2.22. The third kappa shape index (κ3) is 5.89. The number of nitrogens with zero attached hydrogens (tertiary/aromatic N) is 1. The monoisotopic (exact) mass is 291 g/mol. The molecule has 6 heteroatoms. The Morgan fingerprint density at radius 3 is 2.89 bits per heavy atom. The summed E-state index contributed by atoms with van der Waals surface area (Å²) >= 11 is 0. The molecular formula is C13H26FN3OS. The van der Waals surface area contributed by atoms with Crippen molar-refractivity contribution in [2.45, 2.75) is 50.3 Å². The SMILES string of the molecule is CCS(=O)C1CCCC(NC(=NC)NCCCF)C1. The summed E-state index contributed by atoms with van der Waals surface area (Å²) in [5.74, 6) is 1.46. The number of rotatable bonds is 6. The third-order valence-corrected chi connectivity index (χ3v) is 5.19. The van der Waals surface area contributed by atoms with Crippen molar-refractivity contribution in [3.05, 3.63) is 0 Å². The lowest BCUT2D eigenvalue weighted by Crippen LogP contribution is -2.46. The first-order valence-electron chi connectivity index (χ1n) is 7.11. The number of guanidine groups is 1. The molecule has 0 heterocycles. The lowest BCUT2D eigenvalue weighted by molar-refractivity contribution is 0.412. The first-order valence-corrected chi connectivity index (χ1v) is 8.49. The van der Waals surface area contributed by atoms with Gasteiger partial charge in [-0.25, -0.2) is 0 Å². The molecule has 2 N–H and O–H groups in total. The molecule has 0 amide bonds. The van der Waals surface area contributed by atoms with Crippen molar-refractivity contribution < 1.29 is 8.60 Å². The van der Waals surface area contributed by atoms with Crippen molar-refractivity contribution in [2.24, 2.45) is 4.99 Å². The van der Waals surface area contributed by atoms with Crippen LogP contribution in [0.4, 0.5) is 4.39 Å². The average Bonchev–Trinajstić information content (AvgIpc) is 2.45. The minimum absolute atomic E-state index is 0.306. The van der Waals surface area contributed by atoms with Crippen LogP contribution in [0.2, 0.25) is 0 Å². The Bertz CT molecular complexity index is 312. The highest BCUT2D eigenvalue weighted by atomic mass is 32.2. The highest BCUT2D eigenvalue weighted by Gasteiger charge is 2.25. The summed E-state index contributed by atoms with van der Waals surface area (Å²) in [5, 5.41) is 6.76. The van der Waals surface area contributed by atoms with Crippen LogP contribution < -0.4 is 10.6 Å². The van der Waals surface area contributed by atoms with Crippen LogP contribution in [0.25, 0.3) is 0 Å². The fourth-order valence-electron chi connectivity index (χ4n) is 2.41. The molecule has 0 saturated heterocycles. The predicted octanol–water partition coefficient (Wildman–Crippen LogP) is 1.59. The van der Waals surface area contributed by atoms with Crippen LogP contribution in [-0.2, 0) is 10.8 Å².